The fourth-order valence-electron chi connectivity index (χ4n) is 4.59. The minimum absolute atomic E-state index is 0.140. The molecule has 1 aromatic heterocycles. The number of rotatable bonds is 4. The fourth-order valence-corrected chi connectivity index (χ4v) is 5.15. The Hall–Kier alpha value is -1.79. The molecule has 0 spiro atoms. The number of aromatic nitrogens is 1. The van der Waals surface area contributed by atoms with E-state index in [1.54, 1.807) is 25.2 Å². The molecule has 2 aliphatic heterocycles. The summed E-state index contributed by atoms with van der Waals surface area (Å²) in [5.41, 5.74) is 2.52. The molecule has 0 amide bonds. The van der Waals surface area contributed by atoms with Gasteiger partial charge in [-0.25, -0.2) is 0 Å². The molecular formula is C20H24BrN2O3+. The van der Waals surface area contributed by atoms with E-state index in [4.69, 9.17) is 9.47 Å². The van der Waals surface area contributed by atoms with Crippen LogP contribution in [0.25, 0.3) is 0 Å². The summed E-state index contributed by atoms with van der Waals surface area (Å²) < 4.78 is 13.9. The van der Waals surface area contributed by atoms with Gasteiger partial charge in [0.25, 0.3) is 5.56 Å². The average Bonchev–Trinajstić information content (AvgIpc) is 2.63. The standard InChI is InChI=1S/C20H23BrN2O3/c1-25-18-8-19(26-2)16(21)7-15(18)12-22-9-13-6-14(11-22)17-4-3-5-20(24)23(17)10-13/h3-5,7-8,13-14H,6,9-12H2,1-2H3/p+1. The van der Waals surface area contributed by atoms with Crippen LogP contribution in [0.15, 0.2) is 39.6 Å². The first-order valence-corrected chi connectivity index (χ1v) is 9.82. The molecule has 2 bridgehead atoms. The SMILES string of the molecule is COc1cc(OC)c(C[NH+]2CC3CC(C2)c2cccc(=O)n2C3)cc1Br. The van der Waals surface area contributed by atoms with Crippen molar-refractivity contribution in [1.29, 1.82) is 0 Å². The van der Waals surface area contributed by atoms with E-state index in [0.717, 1.165) is 42.2 Å². The topological polar surface area (TPSA) is 44.9 Å². The van der Waals surface area contributed by atoms with E-state index in [-0.39, 0.29) is 5.56 Å². The molecule has 138 valence electrons. The molecule has 3 atom stereocenters. The molecule has 0 saturated carbocycles. The number of fused-ring (bicyclic) bond motifs is 4. The van der Waals surface area contributed by atoms with E-state index in [2.05, 4.69) is 28.1 Å². The number of halogens is 1. The summed E-state index contributed by atoms with van der Waals surface area (Å²) in [5, 5.41) is 0. The largest absolute Gasteiger partial charge is 0.496 e. The number of hydrogen-bond acceptors (Lipinski definition) is 3. The van der Waals surface area contributed by atoms with Crippen LogP contribution in [0.1, 0.15) is 23.6 Å². The highest BCUT2D eigenvalue weighted by Gasteiger charge is 2.37. The summed E-state index contributed by atoms with van der Waals surface area (Å²) in [5.74, 6) is 2.66. The molecule has 26 heavy (non-hydrogen) atoms. The Bertz CT molecular complexity index is 880. The van der Waals surface area contributed by atoms with E-state index in [0.29, 0.717) is 11.8 Å². The van der Waals surface area contributed by atoms with Crippen molar-refractivity contribution in [1.82, 2.24) is 4.57 Å². The normalized spacial score (nSPS) is 24.0. The van der Waals surface area contributed by atoms with Gasteiger partial charge in [-0.1, -0.05) is 6.07 Å². The Morgan fingerprint density at radius 1 is 1.19 bits per heavy atom. The van der Waals surface area contributed by atoms with Gasteiger partial charge in [-0.15, -0.1) is 0 Å². The predicted octanol–water partition coefficient (Wildman–Crippen LogP) is 1.83. The van der Waals surface area contributed by atoms with Gasteiger partial charge in [0.05, 0.1) is 31.8 Å². The minimum atomic E-state index is 0.140. The molecule has 3 unspecified atom stereocenters. The van der Waals surface area contributed by atoms with Crippen molar-refractivity contribution in [2.75, 3.05) is 27.3 Å². The second-order valence-corrected chi connectivity index (χ2v) is 8.19. The molecule has 3 heterocycles. The maximum absolute atomic E-state index is 12.2. The Kier molecular flexibility index (Phi) is 4.80. The lowest BCUT2D eigenvalue weighted by atomic mass is 9.83. The molecule has 1 N–H and O–H groups in total. The maximum atomic E-state index is 12.2. The number of methoxy groups -OCH3 is 2. The van der Waals surface area contributed by atoms with Crippen LogP contribution in [-0.4, -0.2) is 31.9 Å². The lowest BCUT2D eigenvalue weighted by Crippen LogP contribution is -3.13. The lowest BCUT2D eigenvalue weighted by Gasteiger charge is -2.40. The summed E-state index contributed by atoms with van der Waals surface area (Å²) in [6.45, 7) is 3.89. The third-order valence-corrected chi connectivity index (χ3v) is 6.29. The summed E-state index contributed by atoms with van der Waals surface area (Å²) in [6.07, 6.45) is 1.19. The molecule has 2 aliphatic rings. The molecule has 0 aliphatic carbocycles. The smallest absolute Gasteiger partial charge is 0.250 e. The van der Waals surface area contributed by atoms with Gasteiger partial charge in [0.1, 0.15) is 18.0 Å². The highest BCUT2D eigenvalue weighted by molar-refractivity contribution is 9.10. The van der Waals surface area contributed by atoms with Crippen LogP contribution >= 0.6 is 15.9 Å². The second-order valence-electron chi connectivity index (χ2n) is 7.33. The van der Waals surface area contributed by atoms with Gasteiger partial charge >= 0.3 is 0 Å². The summed E-state index contributed by atoms with van der Waals surface area (Å²) >= 11 is 3.59. The van der Waals surface area contributed by atoms with E-state index >= 15 is 0 Å². The zero-order chi connectivity index (χ0) is 18.3. The van der Waals surface area contributed by atoms with Gasteiger partial charge in [0.2, 0.25) is 0 Å². The van der Waals surface area contributed by atoms with Crippen LogP contribution in [0.2, 0.25) is 0 Å². The Morgan fingerprint density at radius 2 is 2.00 bits per heavy atom. The van der Waals surface area contributed by atoms with Crippen LogP contribution in [0.3, 0.4) is 0 Å². The molecule has 2 aromatic rings. The number of nitrogens with zero attached hydrogens (tertiary/aromatic N) is 1. The highest BCUT2D eigenvalue weighted by Crippen LogP contribution is 2.33. The Balaban J connectivity index is 1.58. The third-order valence-electron chi connectivity index (χ3n) is 5.67. The highest BCUT2D eigenvalue weighted by atomic mass is 79.9. The molecule has 1 fully saturated rings. The summed E-state index contributed by atoms with van der Waals surface area (Å²) in [7, 11) is 3.37. The van der Waals surface area contributed by atoms with Crippen molar-refractivity contribution < 1.29 is 14.4 Å². The van der Waals surface area contributed by atoms with Gasteiger partial charge in [-0.2, -0.15) is 0 Å². The lowest BCUT2D eigenvalue weighted by molar-refractivity contribution is -0.924. The quantitative estimate of drug-likeness (QED) is 0.821. The summed E-state index contributed by atoms with van der Waals surface area (Å²) in [6, 6.07) is 9.74. The van der Waals surface area contributed by atoms with Gasteiger partial charge in [0.15, 0.2) is 0 Å². The van der Waals surface area contributed by atoms with E-state index < -0.39 is 0 Å². The number of piperidine rings is 1. The van der Waals surface area contributed by atoms with Gasteiger partial charge < -0.3 is 18.9 Å². The van der Waals surface area contributed by atoms with E-state index in [9.17, 15) is 4.79 Å². The molecule has 5 nitrogen and oxygen atoms in total. The molecule has 1 aromatic carbocycles. The first kappa shape index (κ1) is 17.6. The zero-order valence-corrected chi connectivity index (χ0v) is 16.7. The van der Waals surface area contributed by atoms with Gasteiger partial charge in [-0.05, 0) is 34.5 Å². The summed E-state index contributed by atoms with van der Waals surface area (Å²) in [4.78, 5) is 13.7. The number of likely N-dealkylation sites (tertiary alicyclic amines) is 1. The van der Waals surface area contributed by atoms with Crippen molar-refractivity contribution in [3.05, 3.63) is 56.4 Å². The number of ether oxygens (including phenoxy) is 2. The monoisotopic (exact) mass is 419 g/mol. The molecule has 0 radical (unpaired) electrons. The fraction of sp³-hybridized carbons (Fsp3) is 0.450. The first-order chi connectivity index (χ1) is 12.6. The van der Waals surface area contributed by atoms with Crippen molar-refractivity contribution >= 4 is 15.9 Å². The maximum Gasteiger partial charge on any atom is 0.250 e. The van der Waals surface area contributed by atoms with Crippen LogP contribution in [0.5, 0.6) is 11.5 Å². The number of hydrogen-bond donors (Lipinski definition) is 1. The number of quaternary nitrogens is 1. The minimum Gasteiger partial charge on any atom is -0.496 e. The first-order valence-electron chi connectivity index (χ1n) is 9.02. The van der Waals surface area contributed by atoms with Crippen LogP contribution < -0.4 is 19.9 Å². The molecular weight excluding hydrogens is 396 g/mol. The zero-order valence-electron chi connectivity index (χ0n) is 15.1. The van der Waals surface area contributed by atoms with Crippen molar-refractivity contribution in [2.24, 2.45) is 5.92 Å². The molecule has 4 rings (SSSR count). The number of nitrogens with one attached hydrogen (secondary N) is 1. The third kappa shape index (κ3) is 3.16. The van der Waals surface area contributed by atoms with Crippen LogP contribution in [0.4, 0.5) is 0 Å². The number of pyridine rings is 1. The van der Waals surface area contributed by atoms with Crippen LogP contribution in [-0.2, 0) is 13.1 Å². The van der Waals surface area contributed by atoms with Gasteiger partial charge in [0, 0.05) is 41.8 Å². The number of benzene rings is 1. The van der Waals surface area contributed by atoms with Crippen molar-refractivity contribution in [2.45, 2.75) is 25.4 Å². The molecule has 1 saturated heterocycles. The Labute approximate surface area is 161 Å². The van der Waals surface area contributed by atoms with Gasteiger partial charge in [-0.3, -0.25) is 4.79 Å². The average molecular weight is 420 g/mol. The predicted molar refractivity (Wildman–Crippen MR) is 103 cm³/mol. The van der Waals surface area contributed by atoms with Crippen molar-refractivity contribution in [3.63, 3.8) is 0 Å². The van der Waals surface area contributed by atoms with Crippen LogP contribution in [0, 0.1) is 5.92 Å². The second kappa shape index (κ2) is 7.08. The van der Waals surface area contributed by atoms with E-state index in [1.807, 2.05) is 16.7 Å². The Morgan fingerprint density at radius 3 is 2.77 bits per heavy atom. The molecule has 6 heteroatoms. The van der Waals surface area contributed by atoms with E-state index in [1.165, 1.54) is 17.7 Å². The van der Waals surface area contributed by atoms with Crippen molar-refractivity contribution in [3.8, 4) is 11.5 Å².